The van der Waals surface area contributed by atoms with Crippen LogP contribution >= 0.6 is 23.2 Å². The van der Waals surface area contributed by atoms with Crippen molar-refractivity contribution in [1.29, 1.82) is 0 Å². The fourth-order valence-electron chi connectivity index (χ4n) is 4.41. The number of amides is 2. The van der Waals surface area contributed by atoms with Crippen molar-refractivity contribution in [3.05, 3.63) is 33.8 Å². The van der Waals surface area contributed by atoms with Gasteiger partial charge < -0.3 is 24.8 Å². The Morgan fingerprint density at radius 2 is 2.00 bits per heavy atom. The Morgan fingerprint density at radius 1 is 1.29 bits per heavy atom. The first-order valence-corrected chi connectivity index (χ1v) is 11.1. The second-order valence-electron chi connectivity index (χ2n) is 8.58. The van der Waals surface area contributed by atoms with E-state index in [4.69, 9.17) is 32.5 Å². The van der Waals surface area contributed by atoms with Gasteiger partial charge in [0.2, 0.25) is 5.91 Å². The Labute approximate surface area is 191 Å². The number of hydrogen-bond donors (Lipinski definition) is 2. The summed E-state index contributed by atoms with van der Waals surface area (Å²) in [7, 11) is 0. The zero-order valence-electron chi connectivity index (χ0n) is 18.0. The molecule has 8 nitrogen and oxygen atoms in total. The van der Waals surface area contributed by atoms with E-state index in [-0.39, 0.29) is 35.1 Å². The molecule has 2 aliphatic heterocycles. The number of carbonyl (C=O) groups is 3. The molecule has 2 N–H and O–H groups in total. The highest BCUT2D eigenvalue weighted by atomic mass is 35.5. The van der Waals surface area contributed by atoms with E-state index >= 15 is 0 Å². The normalized spacial score (nSPS) is 26.5. The number of carbonyl (C=O) groups excluding carboxylic acids is 3. The van der Waals surface area contributed by atoms with Crippen molar-refractivity contribution in [1.82, 2.24) is 15.4 Å². The van der Waals surface area contributed by atoms with Gasteiger partial charge in [-0.2, -0.15) is 0 Å². The summed E-state index contributed by atoms with van der Waals surface area (Å²) in [6.07, 6.45) is 0.545. The third kappa shape index (κ3) is 4.84. The number of nitrogens with one attached hydrogen (secondary N) is 2. The van der Waals surface area contributed by atoms with Crippen LogP contribution in [0.5, 0.6) is 0 Å². The second kappa shape index (κ2) is 9.36. The van der Waals surface area contributed by atoms with E-state index in [1.54, 1.807) is 13.0 Å². The molecule has 1 aromatic rings. The summed E-state index contributed by atoms with van der Waals surface area (Å²) < 4.78 is 11.8. The lowest BCUT2D eigenvalue weighted by molar-refractivity contribution is -0.136. The first-order chi connectivity index (χ1) is 14.5. The van der Waals surface area contributed by atoms with Crippen LogP contribution in [0.2, 0.25) is 10.0 Å². The van der Waals surface area contributed by atoms with Gasteiger partial charge in [-0.3, -0.25) is 14.4 Å². The van der Waals surface area contributed by atoms with Crippen LogP contribution in [0.3, 0.4) is 0 Å². The molecule has 1 aromatic carbocycles. The molecule has 2 saturated heterocycles. The highest BCUT2D eigenvalue weighted by molar-refractivity contribution is 6.70. The largest absolute Gasteiger partial charge is 0.651 e. The standard InChI is InChI=1S/C20H27BCl2N3O5/c1-11(2)7-17(21-26(12(3)10-30-21)13(4)20(29)31-21)25-18(27)9-24-19(28)15-8-14(22)5-6-16(15)23/h5-6,8,11-13,17H,7,9-10H2,1-4H3,(H,24,28)(H,25,27)/q-1/t12-,13-,17+,21?/m1/s1. The lowest BCUT2D eigenvalue weighted by Crippen LogP contribution is -2.66. The SMILES string of the molecule is CC(C)C[C@H](NC(=O)CNC(=O)c1cc(Cl)ccc1Cl)[B-]12OC[C@@H](C)N1[C@H](C)C(=O)O2. The number of hydrogen-bond acceptors (Lipinski definition) is 6. The van der Waals surface area contributed by atoms with Crippen LogP contribution < -0.4 is 10.6 Å². The lowest BCUT2D eigenvalue weighted by atomic mass is 9.59. The van der Waals surface area contributed by atoms with Gasteiger partial charge in [0, 0.05) is 11.6 Å². The molecule has 170 valence electrons. The average molecular weight is 471 g/mol. The van der Waals surface area contributed by atoms with Crippen molar-refractivity contribution < 1.29 is 23.7 Å². The molecule has 0 aliphatic carbocycles. The molecule has 4 atom stereocenters. The van der Waals surface area contributed by atoms with Gasteiger partial charge >= 0.3 is 6.69 Å². The van der Waals surface area contributed by atoms with E-state index in [0.717, 1.165) is 0 Å². The van der Waals surface area contributed by atoms with Gasteiger partial charge in [0.1, 0.15) is 0 Å². The summed E-state index contributed by atoms with van der Waals surface area (Å²) in [6, 6.07) is 4.06. The van der Waals surface area contributed by atoms with Crippen LogP contribution in [0.15, 0.2) is 18.2 Å². The van der Waals surface area contributed by atoms with Crippen molar-refractivity contribution in [2.24, 2.45) is 5.92 Å². The molecule has 2 amide bonds. The monoisotopic (exact) mass is 470 g/mol. The smallest absolute Gasteiger partial charge is 0.396 e. The van der Waals surface area contributed by atoms with Gasteiger partial charge in [0.25, 0.3) is 11.9 Å². The molecule has 3 rings (SSSR count). The topological polar surface area (TPSA) is 97.0 Å². The van der Waals surface area contributed by atoms with E-state index < -0.39 is 30.5 Å². The third-order valence-electron chi connectivity index (χ3n) is 5.74. The number of fused-ring (bicyclic) bond motifs is 1. The molecule has 2 heterocycles. The van der Waals surface area contributed by atoms with E-state index in [1.165, 1.54) is 12.1 Å². The van der Waals surface area contributed by atoms with Crippen molar-refractivity contribution in [3.8, 4) is 0 Å². The maximum atomic E-state index is 12.7. The Balaban J connectivity index is 1.71. The summed E-state index contributed by atoms with van der Waals surface area (Å²) in [5.74, 6) is -1.64. The molecule has 1 unspecified atom stereocenters. The molecule has 0 bridgehead atoms. The summed E-state index contributed by atoms with van der Waals surface area (Å²) in [5.41, 5.74) is 0.182. The van der Waals surface area contributed by atoms with Crippen LogP contribution in [0.25, 0.3) is 0 Å². The molecule has 0 radical (unpaired) electrons. The van der Waals surface area contributed by atoms with Crippen molar-refractivity contribution in [3.63, 3.8) is 0 Å². The molecule has 11 heteroatoms. The van der Waals surface area contributed by atoms with E-state index in [2.05, 4.69) is 10.6 Å². The highest BCUT2D eigenvalue weighted by Crippen LogP contribution is 2.37. The quantitative estimate of drug-likeness (QED) is 0.594. The minimum absolute atomic E-state index is 0.0160. The summed E-state index contributed by atoms with van der Waals surface area (Å²) in [6.45, 7) is 5.72. The van der Waals surface area contributed by atoms with Crippen LogP contribution in [0.1, 0.15) is 44.5 Å². The van der Waals surface area contributed by atoms with Crippen molar-refractivity contribution in [2.45, 2.75) is 52.1 Å². The number of benzene rings is 1. The Bertz CT molecular complexity index is 886. The fraction of sp³-hybridized carbons (Fsp3) is 0.550. The molecule has 0 saturated carbocycles. The zero-order chi connectivity index (χ0) is 22.9. The molecule has 0 aromatic heterocycles. The summed E-state index contributed by atoms with van der Waals surface area (Å²) in [5, 5.41) is 6.07. The van der Waals surface area contributed by atoms with Crippen LogP contribution in [0.4, 0.5) is 0 Å². The average Bonchev–Trinajstić information content (AvgIpc) is 3.16. The van der Waals surface area contributed by atoms with E-state index in [0.29, 0.717) is 18.1 Å². The van der Waals surface area contributed by atoms with Gasteiger partial charge in [-0.05, 0) is 43.0 Å². The number of nitrogens with zero attached hydrogens (tertiary/aromatic N) is 1. The number of rotatable bonds is 7. The first-order valence-electron chi connectivity index (χ1n) is 10.4. The first kappa shape index (κ1) is 23.8. The Morgan fingerprint density at radius 3 is 2.68 bits per heavy atom. The maximum absolute atomic E-state index is 12.7. The predicted molar refractivity (Wildman–Crippen MR) is 119 cm³/mol. The van der Waals surface area contributed by atoms with Gasteiger partial charge in [0.05, 0.1) is 23.2 Å². The molecule has 2 aliphatic rings. The summed E-state index contributed by atoms with van der Waals surface area (Å²) >= 11 is 12.0. The third-order valence-corrected chi connectivity index (χ3v) is 6.30. The zero-order valence-corrected chi connectivity index (χ0v) is 19.5. The maximum Gasteiger partial charge on any atom is 0.396 e. The van der Waals surface area contributed by atoms with Gasteiger partial charge in [0.15, 0.2) is 0 Å². The summed E-state index contributed by atoms with van der Waals surface area (Å²) in [4.78, 5) is 39.4. The van der Waals surface area contributed by atoms with Crippen LogP contribution in [0, 0.1) is 5.92 Å². The van der Waals surface area contributed by atoms with Crippen molar-refractivity contribution >= 4 is 47.7 Å². The Kier molecular flexibility index (Phi) is 7.20. The van der Waals surface area contributed by atoms with Gasteiger partial charge in [-0.15, -0.1) is 0 Å². The molecular weight excluding hydrogens is 444 g/mol. The predicted octanol–water partition coefficient (Wildman–Crippen LogP) is 2.40. The van der Waals surface area contributed by atoms with E-state index in [1.807, 2.05) is 25.6 Å². The second-order valence-corrected chi connectivity index (χ2v) is 9.42. The van der Waals surface area contributed by atoms with Crippen LogP contribution in [-0.2, 0) is 18.9 Å². The Hall–Kier alpha value is -1.81. The minimum atomic E-state index is -2.17. The van der Waals surface area contributed by atoms with Crippen LogP contribution in [-0.4, -0.2) is 60.5 Å². The van der Waals surface area contributed by atoms with Gasteiger partial charge in [-0.25, -0.2) is 0 Å². The van der Waals surface area contributed by atoms with E-state index in [9.17, 15) is 14.4 Å². The van der Waals surface area contributed by atoms with Crippen molar-refractivity contribution in [2.75, 3.05) is 13.2 Å². The minimum Gasteiger partial charge on any atom is -0.651 e. The fourth-order valence-corrected chi connectivity index (χ4v) is 4.79. The molecular formula is C20H27BCl2N3O5-. The molecule has 0 spiro atoms. The molecule has 2 fully saturated rings. The lowest BCUT2D eigenvalue weighted by Gasteiger charge is -2.45. The van der Waals surface area contributed by atoms with Gasteiger partial charge in [-0.1, -0.05) is 50.4 Å². The highest BCUT2D eigenvalue weighted by Gasteiger charge is 2.58. The number of halogens is 2. The molecule has 31 heavy (non-hydrogen) atoms.